The Balaban J connectivity index is 2.63. The number of sulfonamides is 1. The molecule has 0 aliphatic rings. The van der Waals surface area contributed by atoms with Gasteiger partial charge in [-0.25, -0.2) is 13.1 Å². The Bertz CT molecular complexity index is 483. The highest BCUT2D eigenvalue weighted by molar-refractivity contribution is 7.99. The number of thiophene rings is 1. The highest BCUT2D eigenvalue weighted by Gasteiger charge is 2.16. The molecule has 1 unspecified atom stereocenters. The highest BCUT2D eigenvalue weighted by Crippen LogP contribution is 2.19. The van der Waals surface area contributed by atoms with E-state index in [1.165, 1.54) is 11.3 Å². The Morgan fingerprint density at radius 2 is 2.05 bits per heavy atom. The van der Waals surface area contributed by atoms with Crippen LogP contribution in [0.1, 0.15) is 25.6 Å². The predicted octanol–water partition coefficient (Wildman–Crippen LogP) is 2.28. The zero-order chi connectivity index (χ0) is 14.5. The molecule has 0 aliphatic heterocycles. The van der Waals surface area contributed by atoms with Crippen molar-refractivity contribution >= 4 is 33.1 Å². The summed E-state index contributed by atoms with van der Waals surface area (Å²) < 4.78 is 26.8. The molecule has 0 amide bonds. The second-order valence-corrected chi connectivity index (χ2v) is 8.72. The average molecular weight is 323 g/mol. The van der Waals surface area contributed by atoms with Gasteiger partial charge in [-0.2, -0.15) is 11.8 Å². The van der Waals surface area contributed by atoms with Crippen molar-refractivity contribution in [1.82, 2.24) is 10.0 Å². The Kier molecular flexibility index (Phi) is 6.82. The van der Waals surface area contributed by atoms with E-state index >= 15 is 0 Å². The van der Waals surface area contributed by atoms with E-state index in [0.29, 0.717) is 24.0 Å². The zero-order valence-corrected chi connectivity index (χ0v) is 14.2. The lowest BCUT2D eigenvalue weighted by Gasteiger charge is -2.09. The third-order valence-corrected chi connectivity index (χ3v) is 6.05. The first-order valence-corrected chi connectivity index (χ1v) is 9.83. The van der Waals surface area contributed by atoms with E-state index in [1.807, 2.05) is 13.2 Å². The first-order valence-electron chi connectivity index (χ1n) is 6.18. The van der Waals surface area contributed by atoms with E-state index in [-0.39, 0.29) is 5.25 Å². The van der Waals surface area contributed by atoms with Crippen LogP contribution in [-0.2, 0) is 16.6 Å². The Hall–Kier alpha value is -0.0800. The summed E-state index contributed by atoms with van der Waals surface area (Å²) in [6.45, 7) is 7.30. The Labute approximate surface area is 124 Å². The van der Waals surface area contributed by atoms with Gasteiger partial charge in [-0.05, 0) is 12.3 Å². The van der Waals surface area contributed by atoms with Gasteiger partial charge in [0.25, 0.3) is 0 Å². The molecular formula is C12H22N2O2S3. The van der Waals surface area contributed by atoms with Crippen LogP contribution in [0.5, 0.6) is 0 Å². The van der Waals surface area contributed by atoms with Crippen molar-refractivity contribution in [1.29, 1.82) is 0 Å². The molecule has 4 nitrogen and oxygen atoms in total. The van der Waals surface area contributed by atoms with E-state index in [0.717, 1.165) is 4.88 Å². The van der Waals surface area contributed by atoms with Crippen LogP contribution in [0, 0.1) is 0 Å². The number of nitrogens with one attached hydrogen (secondary N) is 2. The lowest BCUT2D eigenvalue weighted by molar-refractivity contribution is 0.581. The van der Waals surface area contributed by atoms with Gasteiger partial charge in [0.15, 0.2) is 0 Å². The normalized spacial score (nSPS) is 13.9. The van der Waals surface area contributed by atoms with E-state index in [1.54, 1.807) is 23.2 Å². The van der Waals surface area contributed by atoms with Crippen molar-refractivity contribution in [3.8, 4) is 0 Å². The number of hydrogen-bond acceptors (Lipinski definition) is 5. The van der Waals surface area contributed by atoms with E-state index in [4.69, 9.17) is 0 Å². The molecule has 0 saturated carbocycles. The van der Waals surface area contributed by atoms with Gasteiger partial charge in [0, 0.05) is 34.6 Å². The molecule has 0 aliphatic carbocycles. The minimum Gasteiger partial charge on any atom is -0.310 e. The summed E-state index contributed by atoms with van der Waals surface area (Å²) in [5.41, 5.74) is 0. The number of rotatable bonds is 8. The average Bonchev–Trinajstić information content (AvgIpc) is 2.83. The van der Waals surface area contributed by atoms with E-state index in [2.05, 4.69) is 23.9 Å². The summed E-state index contributed by atoms with van der Waals surface area (Å²) in [6, 6.07) is 2.13. The molecule has 2 N–H and O–H groups in total. The molecule has 0 bridgehead atoms. The molecule has 1 aromatic rings. The molecule has 1 atom stereocenters. The van der Waals surface area contributed by atoms with Crippen LogP contribution in [0.3, 0.4) is 0 Å². The topological polar surface area (TPSA) is 58.2 Å². The van der Waals surface area contributed by atoms with Gasteiger partial charge in [0.05, 0.1) is 4.90 Å². The molecule has 0 fully saturated rings. The fraction of sp³-hybridized carbons (Fsp3) is 0.667. The van der Waals surface area contributed by atoms with Crippen molar-refractivity contribution in [2.24, 2.45) is 0 Å². The Morgan fingerprint density at radius 3 is 2.63 bits per heavy atom. The van der Waals surface area contributed by atoms with Gasteiger partial charge < -0.3 is 5.32 Å². The third-order valence-electron chi connectivity index (χ3n) is 2.59. The zero-order valence-electron chi connectivity index (χ0n) is 11.8. The van der Waals surface area contributed by atoms with Crippen LogP contribution in [0.25, 0.3) is 0 Å². The predicted molar refractivity (Wildman–Crippen MR) is 84.5 cm³/mol. The summed E-state index contributed by atoms with van der Waals surface area (Å²) >= 11 is 3.11. The maximum Gasteiger partial charge on any atom is 0.241 e. The first kappa shape index (κ1) is 17.0. The van der Waals surface area contributed by atoms with E-state index in [9.17, 15) is 8.42 Å². The van der Waals surface area contributed by atoms with E-state index < -0.39 is 10.0 Å². The standard InChI is InChI=1S/C12H22N2O2S3/c1-9(2)13-7-11-5-12(8-18-11)19(15,16)14-6-10(3)17-4/h5,8-10,13-14H,6-7H2,1-4H3. The number of hydrogen-bond donors (Lipinski definition) is 2. The van der Waals surface area contributed by atoms with Crippen LogP contribution in [0.4, 0.5) is 0 Å². The van der Waals surface area contributed by atoms with Crippen LogP contribution in [0.15, 0.2) is 16.3 Å². The lowest BCUT2D eigenvalue weighted by Crippen LogP contribution is -2.29. The quantitative estimate of drug-likeness (QED) is 0.771. The van der Waals surface area contributed by atoms with Crippen molar-refractivity contribution in [3.05, 3.63) is 16.3 Å². The molecule has 0 radical (unpaired) electrons. The van der Waals surface area contributed by atoms with Crippen molar-refractivity contribution in [2.45, 2.75) is 43.5 Å². The smallest absolute Gasteiger partial charge is 0.241 e. The summed E-state index contributed by atoms with van der Waals surface area (Å²) in [5.74, 6) is 0. The molecule has 1 aromatic heterocycles. The van der Waals surface area contributed by atoms with Crippen molar-refractivity contribution < 1.29 is 8.42 Å². The summed E-state index contributed by atoms with van der Waals surface area (Å²) in [4.78, 5) is 1.40. The fourth-order valence-corrected chi connectivity index (χ4v) is 4.00. The summed E-state index contributed by atoms with van der Waals surface area (Å²) in [5, 5.41) is 5.25. The summed E-state index contributed by atoms with van der Waals surface area (Å²) in [6.07, 6.45) is 1.97. The first-order chi connectivity index (χ1) is 8.85. The second kappa shape index (κ2) is 7.64. The minimum absolute atomic E-state index is 0.274. The van der Waals surface area contributed by atoms with Crippen LogP contribution in [-0.4, -0.2) is 32.5 Å². The summed E-state index contributed by atoms with van der Waals surface area (Å²) in [7, 11) is -3.36. The van der Waals surface area contributed by atoms with Crippen molar-refractivity contribution in [3.63, 3.8) is 0 Å². The molecule has 0 spiro atoms. The van der Waals surface area contributed by atoms with Gasteiger partial charge in [0.2, 0.25) is 10.0 Å². The molecule has 1 heterocycles. The molecule has 0 aromatic carbocycles. The highest BCUT2D eigenvalue weighted by atomic mass is 32.2. The van der Waals surface area contributed by atoms with Crippen LogP contribution < -0.4 is 10.0 Å². The van der Waals surface area contributed by atoms with Crippen molar-refractivity contribution in [2.75, 3.05) is 12.8 Å². The molecule has 110 valence electrons. The van der Waals surface area contributed by atoms with Gasteiger partial charge in [-0.3, -0.25) is 0 Å². The third kappa shape index (κ3) is 5.83. The maximum atomic E-state index is 12.1. The molecular weight excluding hydrogens is 300 g/mol. The van der Waals surface area contributed by atoms with Gasteiger partial charge in [-0.1, -0.05) is 20.8 Å². The molecule has 1 rings (SSSR count). The fourth-order valence-electron chi connectivity index (χ4n) is 1.29. The van der Waals surface area contributed by atoms with Gasteiger partial charge in [-0.15, -0.1) is 11.3 Å². The largest absolute Gasteiger partial charge is 0.310 e. The second-order valence-electron chi connectivity index (χ2n) is 4.68. The maximum absolute atomic E-state index is 12.1. The number of thioether (sulfide) groups is 1. The van der Waals surface area contributed by atoms with Gasteiger partial charge in [0.1, 0.15) is 0 Å². The van der Waals surface area contributed by atoms with Gasteiger partial charge >= 0.3 is 0 Å². The Morgan fingerprint density at radius 1 is 1.37 bits per heavy atom. The molecule has 7 heteroatoms. The SMILES string of the molecule is CSC(C)CNS(=O)(=O)c1csc(CNC(C)C)c1. The van der Waals surface area contributed by atoms with Crippen LogP contribution in [0.2, 0.25) is 0 Å². The minimum atomic E-state index is -3.36. The molecule has 19 heavy (non-hydrogen) atoms. The monoisotopic (exact) mass is 322 g/mol. The lowest BCUT2D eigenvalue weighted by atomic mass is 10.4. The van der Waals surface area contributed by atoms with Crippen LogP contribution >= 0.6 is 23.1 Å². The molecule has 0 saturated heterocycles.